The number of rotatable bonds is 8. The van der Waals surface area contributed by atoms with E-state index >= 15 is 0 Å². The van der Waals surface area contributed by atoms with Gasteiger partial charge in [-0.2, -0.15) is 0 Å². The van der Waals surface area contributed by atoms with Crippen molar-refractivity contribution in [3.8, 4) is 5.75 Å². The summed E-state index contributed by atoms with van der Waals surface area (Å²) in [5.41, 5.74) is 0.752. The number of benzene rings is 2. The van der Waals surface area contributed by atoms with Crippen LogP contribution in [0, 0.1) is 11.6 Å². The van der Waals surface area contributed by atoms with Crippen LogP contribution in [0.1, 0.15) is 12.5 Å². The van der Waals surface area contributed by atoms with Gasteiger partial charge in [0.15, 0.2) is 5.96 Å². The molecule has 0 bridgehead atoms. The highest BCUT2D eigenvalue weighted by Crippen LogP contribution is 2.11. The minimum absolute atomic E-state index is 0.0575. The molecule has 0 amide bonds. The Kier molecular flexibility index (Phi) is 7.82. The molecule has 0 spiro atoms. The van der Waals surface area contributed by atoms with Crippen LogP contribution in [0.25, 0.3) is 0 Å². The lowest BCUT2D eigenvalue weighted by Gasteiger charge is -2.16. The van der Waals surface area contributed by atoms with Crippen LogP contribution in [0.3, 0.4) is 0 Å². The number of ether oxygens (including phenoxy) is 1. The lowest BCUT2D eigenvalue weighted by atomic mass is 10.2. The molecule has 0 aliphatic carbocycles. The molecule has 2 aromatic rings. The number of aliphatic imine (C=N–C) groups is 1. The molecule has 0 fully saturated rings. The van der Waals surface area contributed by atoms with Gasteiger partial charge >= 0.3 is 0 Å². The average Bonchev–Trinajstić information content (AvgIpc) is 2.63. The van der Waals surface area contributed by atoms with Crippen LogP contribution in [0.2, 0.25) is 0 Å². The van der Waals surface area contributed by atoms with Gasteiger partial charge in [-0.3, -0.25) is 0 Å². The highest BCUT2D eigenvalue weighted by Gasteiger charge is 2.07. The van der Waals surface area contributed by atoms with Gasteiger partial charge in [0.2, 0.25) is 0 Å². The van der Waals surface area contributed by atoms with Crippen molar-refractivity contribution in [1.29, 1.82) is 0 Å². The van der Waals surface area contributed by atoms with Crippen molar-refractivity contribution in [2.75, 3.05) is 19.7 Å². The maximum Gasteiger partial charge on any atom is 0.191 e. The number of hydrogen-bond donors (Lipinski definition) is 3. The zero-order chi connectivity index (χ0) is 18.8. The molecule has 0 saturated heterocycles. The lowest BCUT2D eigenvalue weighted by Crippen LogP contribution is -2.42. The molecule has 2 aromatic carbocycles. The Hall–Kier alpha value is -2.67. The second-order valence-corrected chi connectivity index (χ2v) is 5.62. The Morgan fingerprint density at radius 1 is 1.12 bits per heavy atom. The van der Waals surface area contributed by atoms with Crippen molar-refractivity contribution in [3.63, 3.8) is 0 Å². The van der Waals surface area contributed by atoms with Crippen LogP contribution < -0.4 is 15.4 Å². The van der Waals surface area contributed by atoms with Crippen LogP contribution in [-0.4, -0.2) is 36.9 Å². The van der Waals surface area contributed by atoms with Gasteiger partial charge in [-0.25, -0.2) is 13.8 Å². The van der Waals surface area contributed by atoms with E-state index in [0.29, 0.717) is 24.8 Å². The first-order valence-corrected chi connectivity index (χ1v) is 8.40. The van der Waals surface area contributed by atoms with E-state index in [9.17, 15) is 13.9 Å². The molecule has 0 radical (unpaired) electrons. The van der Waals surface area contributed by atoms with Crippen LogP contribution in [0.4, 0.5) is 8.78 Å². The first kappa shape index (κ1) is 19.7. The SMILES string of the molecule is CCNC(=NCc1cccc(F)c1)NCC(O)COc1ccc(F)cc1. The van der Waals surface area contributed by atoms with Gasteiger partial charge in [0.1, 0.15) is 30.1 Å². The number of nitrogens with one attached hydrogen (secondary N) is 2. The topological polar surface area (TPSA) is 65.9 Å². The van der Waals surface area contributed by atoms with Crippen molar-refractivity contribution in [1.82, 2.24) is 10.6 Å². The van der Waals surface area contributed by atoms with Crippen LogP contribution in [0.15, 0.2) is 53.5 Å². The third-order valence-corrected chi connectivity index (χ3v) is 3.41. The van der Waals surface area contributed by atoms with Crippen LogP contribution in [-0.2, 0) is 6.54 Å². The zero-order valence-corrected chi connectivity index (χ0v) is 14.6. The Morgan fingerprint density at radius 2 is 1.88 bits per heavy atom. The molecule has 1 unspecified atom stereocenters. The molecule has 1 atom stereocenters. The summed E-state index contributed by atoms with van der Waals surface area (Å²) in [6, 6.07) is 11.8. The molecule has 0 aliphatic rings. The van der Waals surface area contributed by atoms with E-state index in [1.54, 1.807) is 12.1 Å². The molecule has 140 valence electrons. The fourth-order valence-electron chi connectivity index (χ4n) is 2.14. The van der Waals surface area contributed by atoms with Gasteiger partial charge in [0.05, 0.1) is 6.54 Å². The van der Waals surface area contributed by atoms with Gasteiger partial charge in [0, 0.05) is 13.1 Å². The second kappa shape index (κ2) is 10.4. The quantitative estimate of drug-likeness (QED) is 0.498. The number of halogens is 2. The van der Waals surface area contributed by atoms with E-state index in [1.165, 1.54) is 36.4 Å². The average molecular weight is 363 g/mol. The molecule has 0 aromatic heterocycles. The summed E-state index contributed by atoms with van der Waals surface area (Å²) in [5.74, 6) is 0.350. The van der Waals surface area contributed by atoms with Crippen molar-refractivity contribution < 1.29 is 18.6 Å². The van der Waals surface area contributed by atoms with E-state index in [2.05, 4.69) is 15.6 Å². The van der Waals surface area contributed by atoms with E-state index in [4.69, 9.17) is 4.74 Å². The zero-order valence-electron chi connectivity index (χ0n) is 14.6. The maximum absolute atomic E-state index is 13.2. The predicted octanol–water partition coefficient (Wildman–Crippen LogP) is 2.46. The standard InChI is InChI=1S/C19H23F2N3O2/c1-2-22-19(23-11-14-4-3-5-16(21)10-14)24-12-17(25)13-26-18-8-6-15(20)7-9-18/h3-10,17,25H,2,11-13H2,1H3,(H2,22,23,24). The lowest BCUT2D eigenvalue weighted by molar-refractivity contribution is 0.110. The van der Waals surface area contributed by atoms with E-state index in [0.717, 1.165) is 5.56 Å². The fourth-order valence-corrected chi connectivity index (χ4v) is 2.14. The van der Waals surface area contributed by atoms with Crippen molar-refractivity contribution in [2.45, 2.75) is 19.6 Å². The third-order valence-electron chi connectivity index (χ3n) is 3.41. The van der Waals surface area contributed by atoms with Crippen LogP contribution >= 0.6 is 0 Å². The molecule has 5 nitrogen and oxygen atoms in total. The van der Waals surface area contributed by atoms with Crippen molar-refractivity contribution in [2.24, 2.45) is 4.99 Å². The Bertz CT molecular complexity index is 708. The minimum Gasteiger partial charge on any atom is -0.491 e. The highest BCUT2D eigenvalue weighted by molar-refractivity contribution is 5.79. The molecular weight excluding hydrogens is 340 g/mol. The van der Waals surface area contributed by atoms with E-state index in [1.807, 2.05) is 6.92 Å². The first-order chi connectivity index (χ1) is 12.6. The summed E-state index contributed by atoms with van der Waals surface area (Å²) in [6.07, 6.45) is -0.780. The predicted molar refractivity (Wildman–Crippen MR) is 97.1 cm³/mol. The van der Waals surface area contributed by atoms with Gasteiger partial charge < -0.3 is 20.5 Å². The monoisotopic (exact) mass is 363 g/mol. The summed E-state index contributed by atoms with van der Waals surface area (Å²) in [5, 5.41) is 16.1. The number of guanidine groups is 1. The van der Waals surface area contributed by atoms with Crippen molar-refractivity contribution in [3.05, 3.63) is 65.7 Å². The fraction of sp³-hybridized carbons (Fsp3) is 0.316. The maximum atomic E-state index is 13.2. The molecule has 7 heteroatoms. The number of hydrogen-bond acceptors (Lipinski definition) is 3. The summed E-state index contributed by atoms with van der Waals surface area (Å²) >= 11 is 0. The molecule has 26 heavy (non-hydrogen) atoms. The van der Waals surface area contributed by atoms with Gasteiger partial charge in [-0.05, 0) is 48.9 Å². The highest BCUT2D eigenvalue weighted by atomic mass is 19.1. The third kappa shape index (κ3) is 7.06. The number of nitrogens with zero attached hydrogens (tertiary/aromatic N) is 1. The smallest absolute Gasteiger partial charge is 0.191 e. The van der Waals surface area contributed by atoms with E-state index in [-0.39, 0.29) is 24.8 Å². The van der Waals surface area contributed by atoms with E-state index < -0.39 is 6.10 Å². The molecule has 0 saturated carbocycles. The Labute approximate surface area is 151 Å². The molecule has 0 aliphatic heterocycles. The summed E-state index contributed by atoms with van der Waals surface area (Å²) in [7, 11) is 0. The normalized spacial score (nSPS) is 12.5. The van der Waals surface area contributed by atoms with Gasteiger partial charge in [-0.15, -0.1) is 0 Å². The van der Waals surface area contributed by atoms with Gasteiger partial charge in [-0.1, -0.05) is 12.1 Å². The molecule has 0 heterocycles. The van der Waals surface area contributed by atoms with Crippen molar-refractivity contribution >= 4 is 5.96 Å². The number of aliphatic hydroxyl groups excluding tert-OH is 1. The molecular formula is C19H23F2N3O2. The summed E-state index contributed by atoms with van der Waals surface area (Å²) in [6.45, 7) is 3.16. The largest absolute Gasteiger partial charge is 0.491 e. The summed E-state index contributed by atoms with van der Waals surface area (Å²) in [4.78, 5) is 4.36. The minimum atomic E-state index is -0.780. The summed E-state index contributed by atoms with van der Waals surface area (Å²) < 4.78 is 31.4. The molecule has 2 rings (SSSR count). The Morgan fingerprint density at radius 3 is 2.58 bits per heavy atom. The van der Waals surface area contributed by atoms with Gasteiger partial charge in [0.25, 0.3) is 0 Å². The molecule has 3 N–H and O–H groups in total. The van der Waals surface area contributed by atoms with Crippen LogP contribution in [0.5, 0.6) is 5.75 Å². The second-order valence-electron chi connectivity index (χ2n) is 5.62. The number of aliphatic hydroxyl groups is 1. The first-order valence-electron chi connectivity index (χ1n) is 8.40. The Balaban J connectivity index is 1.80.